The van der Waals surface area contributed by atoms with E-state index in [9.17, 15) is 14.0 Å². The number of aromatic nitrogens is 1. The first-order valence-corrected chi connectivity index (χ1v) is 10.5. The van der Waals surface area contributed by atoms with Crippen LogP contribution in [0.1, 0.15) is 35.2 Å². The molecule has 1 N–H and O–H groups in total. The molecule has 0 radical (unpaired) electrons. The van der Waals surface area contributed by atoms with Crippen molar-refractivity contribution in [3.8, 4) is 0 Å². The van der Waals surface area contributed by atoms with E-state index in [-0.39, 0.29) is 5.78 Å². The van der Waals surface area contributed by atoms with E-state index in [1.54, 1.807) is 30.5 Å². The molecule has 1 aromatic heterocycles. The third-order valence-electron chi connectivity index (χ3n) is 5.43. The Bertz CT molecular complexity index is 1080. The number of piperidine rings is 1. The molecule has 0 atom stereocenters. The van der Waals surface area contributed by atoms with E-state index in [0.29, 0.717) is 34.3 Å². The van der Waals surface area contributed by atoms with Crippen LogP contribution in [0.4, 0.5) is 14.9 Å². The predicted octanol–water partition coefficient (Wildman–Crippen LogP) is 4.64. The van der Waals surface area contributed by atoms with E-state index in [4.69, 9.17) is 4.74 Å². The van der Waals surface area contributed by atoms with Crippen LogP contribution in [0.5, 0.6) is 0 Å². The number of benzene rings is 2. The highest BCUT2D eigenvalue weighted by Crippen LogP contribution is 2.24. The fraction of sp³-hybridized carbons (Fsp3) is 0.292. The van der Waals surface area contributed by atoms with Crippen LogP contribution in [0, 0.1) is 5.82 Å². The Morgan fingerprint density at radius 3 is 2.58 bits per heavy atom. The van der Waals surface area contributed by atoms with Gasteiger partial charge in [0.2, 0.25) is 0 Å². The summed E-state index contributed by atoms with van der Waals surface area (Å²) in [6.45, 7) is 3.15. The molecule has 1 aliphatic heterocycles. The summed E-state index contributed by atoms with van der Waals surface area (Å²) in [6, 6.07) is 12.2. The third kappa shape index (κ3) is 5.24. The summed E-state index contributed by atoms with van der Waals surface area (Å²) in [5.41, 5.74) is 1.94. The quantitative estimate of drug-likeness (QED) is 0.587. The minimum Gasteiger partial charge on any atom is -0.448 e. The number of pyridine rings is 1. The number of nitrogens with one attached hydrogen (secondary N) is 1. The summed E-state index contributed by atoms with van der Waals surface area (Å²) in [6.07, 6.45) is 4.67. The van der Waals surface area contributed by atoms with Crippen molar-refractivity contribution in [2.75, 3.05) is 31.6 Å². The molecule has 6 nitrogen and oxygen atoms in total. The van der Waals surface area contributed by atoms with Crippen LogP contribution in [0.15, 0.2) is 54.7 Å². The summed E-state index contributed by atoms with van der Waals surface area (Å²) in [7, 11) is 0. The highest BCUT2D eigenvalue weighted by molar-refractivity contribution is 6.16. The lowest BCUT2D eigenvalue weighted by Crippen LogP contribution is -2.33. The lowest BCUT2D eigenvalue weighted by Gasteiger charge is -2.25. The van der Waals surface area contributed by atoms with E-state index in [0.717, 1.165) is 19.6 Å². The number of ketones is 1. The molecule has 0 spiro atoms. The van der Waals surface area contributed by atoms with Crippen LogP contribution < -0.4 is 5.32 Å². The van der Waals surface area contributed by atoms with Gasteiger partial charge in [-0.1, -0.05) is 6.42 Å². The monoisotopic (exact) mass is 421 g/mol. The topological polar surface area (TPSA) is 71.5 Å². The van der Waals surface area contributed by atoms with E-state index in [1.807, 2.05) is 0 Å². The van der Waals surface area contributed by atoms with Crippen LogP contribution in [0.25, 0.3) is 10.9 Å². The van der Waals surface area contributed by atoms with Crippen LogP contribution >= 0.6 is 0 Å². The largest absolute Gasteiger partial charge is 0.448 e. The predicted molar refractivity (Wildman–Crippen MR) is 117 cm³/mol. The van der Waals surface area contributed by atoms with Crippen molar-refractivity contribution in [2.24, 2.45) is 0 Å². The van der Waals surface area contributed by atoms with E-state index < -0.39 is 11.9 Å². The van der Waals surface area contributed by atoms with Crippen molar-refractivity contribution >= 4 is 28.5 Å². The van der Waals surface area contributed by atoms with Gasteiger partial charge in [0, 0.05) is 34.9 Å². The zero-order valence-corrected chi connectivity index (χ0v) is 17.1. The standard InChI is InChI=1S/C24H24FN3O3/c25-18-6-4-17(5-7-18)23(29)20-10-11-26-22-9-8-19(16-21(20)22)27-24(30)31-15-14-28-12-2-1-3-13-28/h4-11,16H,1-3,12-15H2,(H,27,30). The highest BCUT2D eigenvalue weighted by atomic mass is 19.1. The van der Waals surface area contributed by atoms with Gasteiger partial charge in [-0.15, -0.1) is 0 Å². The van der Waals surface area contributed by atoms with Gasteiger partial charge in [-0.3, -0.25) is 20.0 Å². The minimum atomic E-state index is -0.535. The SMILES string of the molecule is O=C(Nc1ccc2nccc(C(=O)c3ccc(F)cc3)c2c1)OCCN1CCCCC1. The Balaban J connectivity index is 1.45. The number of carbonyl (C=O) groups is 2. The first kappa shape index (κ1) is 20.9. The molecule has 3 aromatic rings. The average Bonchev–Trinajstić information content (AvgIpc) is 2.79. The Morgan fingerprint density at radius 1 is 1.03 bits per heavy atom. The number of fused-ring (bicyclic) bond motifs is 1. The summed E-state index contributed by atoms with van der Waals surface area (Å²) in [4.78, 5) is 31.7. The molecule has 1 fully saturated rings. The number of ether oxygens (including phenoxy) is 1. The first-order valence-electron chi connectivity index (χ1n) is 10.5. The molecule has 2 heterocycles. The van der Waals surface area contributed by atoms with Gasteiger partial charge in [0.1, 0.15) is 12.4 Å². The van der Waals surface area contributed by atoms with Gasteiger partial charge in [0.15, 0.2) is 5.78 Å². The maximum absolute atomic E-state index is 13.2. The molecule has 1 aliphatic rings. The number of nitrogens with zero attached hydrogens (tertiary/aromatic N) is 2. The molecule has 0 saturated carbocycles. The summed E-state index contributed by atoms with van der Waals surface area (Å²) in [5.74, 6) is -0.643. The lowest BCUT2D eigenvalue weighted by atomic mass is 9.99. The Morgan fingerprint density at radius 2 is 1.81 bits per heavy atom. The second kappa shape index (κ2) is 9.66. The van der Waals surface area contributed by atoms with Gasteiger partial charge in [0.05, 0.1) is 5.52 Å². The van der Waals surface area contributed by atoms with E-state index >= 15 is 0 Å². The highest BCUT2D eigenvalue weighted by Gasteiger charge is 2.15. The zero-order chi connectivity index (χ0) is 21.6. The van der Waals surface area contributed by atoms with Gasteiger partial charge >= 0.3 is 6.09 Å². The number of amides is 1. The number of carbonyl (C=O) groups excluding carboxylic acids is 2. The van der Waals surface area contributed by atoms with Crippen molar-refractivity contribution in [1.29, 1.82) is 0 Å². The molecule has 0 bridgehead atoms. The first-order chi connectivity index (χ1) is 15.1. The third-order valence-corrected chi connectivity index (χ3v) is 5.43. The van der Waals surface area contributed by atoms with Gasteiger partial charge in [-0.05, 0) is 74.5 Å². The van der Waals surface area contributed by atoms with Gasteiger partial charge in [-0.25, -0.2) is 9.18 Å². The van der Waals surface area contributed by atoms with Crippen LogP contribution in [0.2, 0.25) is 0 Å². The Kier molecular flexibility index (Phi) is 6.52. The summed E-state index contributed by atoms with van der Waals surface area (Å²) >= 11 is 0. The molecule has 160 valence electrons. The molecule has 0 aliphatic carbocycles. The average molecular weight is 421 g/mol. The maximum Gasteiger partial charge on any atom is 0.411 e. The molecular formula is C24H24FN3O3. The Labute approximate surface area is 180 Å². The second-order valence-electron chi connectivity index (χ2n) is 7.59. The zero-order valence-electron chi connectivity index (χ0n) is 17.1. The lowest BCUT2D eigenvalue weighted by molar-refractivity contribution is 0.104. The number of hydrogen-bond acceptors (Lipinski definition) is 5. The van der Waals surface area contributed by atoms with Gasteiger partial charge < -0.3 is 4.74 Å². The molecule has 7 heteroatoms. The second-order valence-corrected chi connectivity index (χ2v) is 7.59. The number of halogens is 1. The summed E-state index contributed by atoms with van der Waals surface area (Å²) < 4.78 is 18.5. The Hall–Kier alpha value is -3.32. The van der Waals surface area contributed by atoms with Crippen LogP contribution in [-0.2, 0) is 4.74 Å². The fourth-order valence-electron chi connectivity index (χ4n) is 3.78. The van der Waals surface area contributed by atoms with Gasteiger partial charge in [-0.2, -0.15) is 0 Å². The number of rotatable bonds is 6. The van der Waals surface area contributed by atoms with Crippen molar-refractivity contribution in [3.63, 3.8) is 0 Å². The van der Waals surface area contributed by atoms with Crippen molar-refractivity contribution in [3.05, 3.63) is 71.7 Å². The van der Waals surface area contributed by atoms with E-state index in [1.165, 1.54) is 43.5 Å². The normalized spacial score (nSPS) is 14.4. The smallest absolute Gasteiger partial charge is 0.411 e. The summed E-state index contributed by atoms with van der Waals surface area (Å²) in [5, 5.41) is 3.32. The minimum absolute atomic E-state index is 0.242. The number of likely N-dealkylation sites (tertiary alicyclic amines) is 1. The number of hydrogen-bond donors (Lipinski definition) is 1. The molecule has 2 aromatic carbocycles. The van der Waals surface area contributed by atoms with Crippen LogP contribution in [0.3, 0.4) is 0 Å². The van der Waals surface area contributed by atoms with E-state index in [2.05, 4.69) is 15.2 Å². The number of anilines is 1. The fourth-order valence-corrected chi connectivity index (χ4v) is 3.78. The molecular weight excluding hydrogens is 397 g/mol. The van der Waals surface area contributed by atoms with Gasteiger partial charge in [0.25, 0.3) is 0 Å². The molecule has 4 rings (SSSR count). The molecule has 0 unspecified atom stereocenters. The molecule has 1 saturated heterocycles. The van der Waals surface area contributed by atoms with Crippen molar-refractivity contribution < 1.29 is 18.7 Å². The molecule has 1 amide bonds. The van der Waals surface area contributed by atoms with Crippen LogP contribution in [-0.4, -0.2) is 48.0 Å². The van der Waals surface area contributed by atoms with Crippen molar-refractivity contribution in [1.82, 2.24) is 9.88 Å². The van der Waals surface area contributed by atoms with Crippen molar-refractivity contribution in [2.45, 2.75) is 19.3 Å². The molecule has 31 heavy (non-hydrogen) atoms. The maximum atomic E-state index is 13.2.